The Morgan fingerprint density at radius 1 is 0.333 bits per heavy atom. The minimum Gasteiger partial charge on any atom is -0.144 e. The van der Waals surface area contributed by atoms with E-state index in [9.17, 15) is 0 Å². The van der Waals surface area contributed by atoms with Crippen LogP contribution in [0.3, 0.4) is 0 Å². The Morgan fingerprint density at radius 3 is 0.917 bits per heavy atom. The Kier molecular flexibility index (Phi) is 6.10. The summed E-state index contributed by atoms with van der Waals surface area (Å²) in [5.74, 6) is 0. The SMILES string of the molecule is c1csc(-c2c3ccc(ccc4ccc(s4)c(-c4cccs4)c4ccc(ccc5ccc2s5)s4)s3)c1. The number of thiophene rings is 6. The monoisotopic (exact) mass is 570 g/mol. The molecular weight excluding hydrogens is 553 g/mol. The van der Waals surface area contributed by atoms with E-state index in [4.69, 9.17) is 0 Å². The second kappa shape index (κ2) is 9.71. The molecule has 0 aromatic carbocycles. The molecule has 0 N–H and O–H groups in total. The lowest BCUT2D eigenvalue weighted by atomic mass is 10.2. The van der Waals surface area contributed by atoms with Crippen molar-refractivity contribution < 1.29 is 0 Å². The molecule has 0 saturated carbocycles. The van der Waals surface area contributed by atoms with Crippen LogP contribution < -0.4 is 0 Å². The zero-order chi connectivity index (χ0) is 23.9. The summed E-state index contributed by atoms with van der Waals surface area (Å²) < 4.78 is 10.4. The highest BCUT2D eigenvalue weighted by Crippen LogP contribution is 2.40. The molecule has 7 heterocycles. The first kappa shape index (κ1) is 22.6. The summed E-state index contributed by atoms with van der Waals surface area (Å²) in [6.45, 7) is 0. The van der Waals surface area contributed by atoms with Gasteiger partial charge in [-0.2, -0.15) is 0 Å². The molecule has 7 rings (SSSR count). The van der Waals surface area contributed by atoms with Crippen LogP contribution in [0.25, 0.3) is 58.5 Å². The van der Waals surface area contributed by atoms with Crippen LogP contribution in [0.5, 0.6) is 0 Å². The van der Waals surface area contributed by atoms with Gasteiger partial charge in [0.25, 0.3) is 0 Å². The highest BCUT2D eigenvalue weighted by molar-refractivity contribution is 7.28. The maximum Gasteiger partial charge on any atom is 0.0377 e. The Balaban J connectivity index is 1.56. The van der Waals surface area contributed by atoms with Crippen LogP contribution in [-0.2, 0) is 0 Å². The lowest BCUT2D eigenvalue weighted by Crippen LogP contribution is -1.67. The molecule has 7 aromatic rings. The van der Waals surface area contributed by atoms with E-state index in [1.165, 1.54) is 58.5 Å². The molecule has 0 unspecified atom stereocenters. The van der Waals surface area contributed by atoms with Crippen molar-refractivity contribution in [2.45, 2.75) is 0 Å². The predicted octanol–water partition coefficient (Wildman–Crippen LogP) is 12.3. The van der Waals surface area contributed by atoms with Crippen LogP contribution in [0, 0.1) is 0 Å². The number of rotatable bonds is 2. The summed E-state index contributed by atoms with van der Waals surface area (Å²) in [6, 6.07) is 35.9. The van der Waals surface area contributed by atoms with Crippen LogP contribution in [0.2, 0.25) is 0 Å². The Hall–Kier alpha value is -2.58. The van der Waals surface area contributed by atoms with Gasteiger partial charge in [-0.15, -0.1) is 68.0 Å². The van der Waals surface area contributed by atoms with E-state index in [0.29, 0.717) is 0 Å². The molecule has 0 amide bonds. The highest BCUT2D eigenvalue weighted by Gasteiger charge is 2.09. The topological polar surface area (TPSA) is 0 Å². The second-order valence-electron chi connectivity index (χ2n) is 8.18. The minimum atomic E-state index is 1.28. The smallest absolute Gasteiger partial charge is 0.0377 e. The average molecular weight is 571 g/mol. The fraction of sp³-hybridized carbons (Fsp3) is 0. The van der Waals surface area contributed by atoms with Gasteiger partial charge >= 0.3 is 0 Å². The maximum atomic E-state index is 2.28. The summed E-state index contributed by atoms with van der Waals surface area (Å²) in [5, 5.41) is 4.34. The van der Waals surface area contributed by atoms with Gasteiger partial charge in [0.1, 0.15) is 0 Å². The molecule has 0 radical (unpaired) electrons. The second-order valence-corrected chi connectivity index (χ2v) is 14.5. The van der Waals surface area contributed by atoms with Gasteiger partial charge in [0.15, 0.2) is 0 Å². The number of hydrogen-bond acceptors (Lipinski definition) is 6. The molecule has 0 aliphatic carbocycles. The van der Waals surface area contributed by atoms with E-state index < -0.39 is 0 Å². The van der Waals surface area contributed by atoms with E-state index in [1.54, 1.807) is 0 Å². The van der Waals surface area contributed by atoms with Crippen molar-refractivity contribution in [3.63, 3.8) is 0 Å². The van der Waals surface area contributed by atoms with Crippen LogP contribution in [0.4, 0.5) is 0 Å². The molecule has 0 atom stereocenters. The molecule has 0 aliphatic rings. The zero-order valence-corrected chi connectivity index (χ0v) is 23.7. The van der Waals surface area contributed by atoms with Gasteiger partial charge in [0.05, 0.1) is 0 Å². The first-order valence-electron chi connectivity index (χ1n) is 11.4. The Labute approximate surface area is 232 Å². The first-order chi connectivity index (χ1) is 17.8. The van der Waals surface area contributed by atoms with Crippen molar-refractivity contribution in [1.82, 2.24) is 0 Å². The van der Waals surface area contributed by atoms with E-state index in [-0.39, 0.29) is 0 Å². The third-order valence-corrected chi connectivity index (χ3v) is 11.9. The number of fused-ring (bicyclic) bond motifs is 8. The van der Waals surface area contributed by atoms with Gasteiger partial charge in [-0.25, -0.2) is 0 Å². The third kappa shape index (κ3) is 4.39. The molecule has 0 saturated heterocycles. The van der Waals surface area contributed by atoms with Gasteiger partial charge in [0, 0.05) is 58.5 Å². The third-order valence-electron chi connectivity index (χ3n) is 5.85. The molecule has 6 heteroatoms. The molecule has 7 aromatic heterocycles. The van der Waals surface area contributed by atoms with Crippen molar-refractivity contribution in [2.75, 3.05) is 0 Å². The van der Waals surface area contributed by atoms with Crippen LogP contribution in [-0.4, -0.2) is 0 Å². The lowest BCUT2D eigenvalue weighted by molar-refractivity contribution is 1.94. The maximum absolute atomic E-state index is 2.28. The van der Waals surface area contributed by atoms with Crippen molar-refractivity contribution in [3.8, 4) is 20.9 Å². The van der Waals surface area contributed by atoms with Crippen LogP contribution in [0.1, 0.15) is 0 Å². The fourth-order valence-electron chi connectivity index (χ4n) is 4.21. The Bertz CT molecular complexity index is 1690. The molecule has 174 valence electrons. The fourth-order valence-corrected chi connectivity index (χ4v) is 10.1. The predicted molar refractivity (Wildman–Crippen MR) is 170 cm³/mol. The zero-order valence-electron chi connectivity index (χ0n) is 18.8. The van der Waals surface area contributed by atoms with Gasteiger partial charge in [-0.3, -0.25) is 0 Å². The van der Waals surface area contributed by atoms with Gasteiger partial charge < -0.3 is 0 Å². The molecule has 0 spiro atoms. The summed E-state index contributed by atoms with van der Waals surface area (Å²) >= 11 is 11.1. The lowest BCUT2D eigenvalue weighted by Gasteiger charge is -1.97. The summed E-state index contributed by atoms with van der Waals surface area (Å²) in [5.41, 5.74) is 2.68. The molecule has 36 heavy (non-hydrogen) atoms. The van der Waals surface area contributed by atoms with E-state index in [0.717, 1.165) is 0 Å². The molecule has 8 bridgehead atoms. The Morgan fingerprint density at radius 2 is 0.639 bits per heavy atom. The van der Waals surface area contributed by atoms with Crippen LogP contribution in [0.15, 0.2) is 108 Å². The molecule has 0 nitrogen and oxygen atoms in total. The molecule has 0 fully saturated rings. The van der Waals surface area contributed by atoms with E-state index in [2.05, 4.69) is 108 Å². The van der Waals surface area contributed by atoms with Crippen molar-refractivity contribution in [2.24, 2.45) is 0 Å². The first-order valence-corrected chi connectivity index (χ1v) is 16.4. The van der Waals surface area contributed by atoms with Crippen LogP contribution >= 0.6 is 68.0 Å². The van der Waals surface area contributed by atoms with E-state index in [1.807, 2.05) is 68.0 Å². The molecular formula is C30H18S6. The average Bonchev–Trinajstić information content (AvgIpc) is 3.71. The largest absolute Gasteiger partial charge is 0.144 e. The van der Waals surface area contributed by atoms with Crippen molar-refractivity contribution in [1.29, 1.82) is 0 Å². The van der Waals surface area contributed by atoms with Crippen molar-refractivity contribution >= 4 is 106 Å². The minimum absolute atomic E-state index is 1.28. The van der Waals surface area contributed by atoms with Gasteiger partial charge in [0.2, 0.25) is 0 Å². The van der Waals surface area contributed by atoms with E-state index >= 15 is 0 Å². The standard InChI is InChI=1S/C30H18S6/c1-3-23(31-17-1)29-25-13-9-19(33-25)5-7-21-11-15-27(35-21)30(24-4-2-18-32-24)28-16-12-22(36-28)8-6-20-10-14-26(29)34-20/h1-18H. The van der Waals surface area contributed by atoms with Crippen molar-refractivity contribution in [3.05, 3.63) is 108 Å². The summed E-state index contributed by atoms with van der Waals surface area (Å²) in [7, 11) is 0. The normalized spacial score (nSPS) is 11.3. The molecule has 0 aliphatic heterocycles. The van der Waals surface area contributed by atoms with Gasteiger partial charge in [-0.1, -0.05) is 12.1 Å². The highest BCUT2D eigenvalue weighted by atomic mass is 32.1. The number of hydrogen-bond donors (Lipinski definition) is 0. The van der Waals surface area contributed by atoms with Gasteiger partial charge in [-0.05, 0) is 95.7 Å². The quantitative estimate of drug-likeness (QED) is 0.194. The summed E-state index contributed by atoms with van der Waals surface area (Å²) in [4.78, 5) is 2.64. The summed E-state index contributed by atoms with van der Waals surface area (Å²) in [6.07, 6.45) is 0.